The van der Waals surface area contributed by atoms with Gasteiger partial charge in [0.05, 0.1) is 5.60 Å². The van der Waals surface area contributed by atoms with Crippen LogP contribution in [-0.2, 0) is 0 Å². The van der Waals surface area contributed by atoms with Gasteiger partial charge in [0.1, 0.15) is 0 Å². The Hall–Kier alpha value is 0.430. The molecule has 0 aromatic heterocycles. The van der Waals surface area contributed by atoms with Crippen molar-refractivity contribution in [2.24, 2.45) is 0 Å². The average molecular weight is 266 g/mol. The van der Waals surface area contributed by atoms with Gasteiger partial charge in [-0.15, -0.1) is 0 Å². The molecule has 0 aromatic rings. The van der Waals surface area contributed by atoms with Gasteiger partial charge in [-0.1, -0.05) is 32.3 Å². The summed E-state index contributed by atoms with van der Waals surface area (Å²) in [6, 6.07) is 0. The molecule has 2 heteroatoms. The van der Waals surface area contributed by atoms with E-state index in [-0.39, 0.29) is 0 Å². The number of halogens is 1. The van der Waals surface area contributed by atoms with Crippen LogP contribution in [0.1, 0.15) is 38.5 Å². The number of aliphatic hydroxyl groups is 1. The first-order chi connectivity index (χ1) is 5.15. The average Bonchev–Trinajstić information content (AvgIpc) is 2.15. The molecule has 0 saturated heterocycles. The SMILES string of the molecule is C=C(I)C1(O)CCCCCC1. The highest BCUT2D eigenvalue weighted by Gasteiger charge is 2.29. The third-order valence-electron chi connectivity index (χ3n) is 2.44. The molecule has 0 spiro atoms. The Morgan fingerprint density at radius 3 is 2.00 bits per heavy atom. The van der Waals surface area contributed by atoms with E-state index in [1.165, 1.54) is 12.8 Å². The lowest BCUT2D eigenvalue weighted by Crippen LogP contribution is -2.27. The number of hydrogen-bond donors (Lipinski definition) is 1. The van der Waals surface area contributed by atoms with Gasteiger partial charge in [-0.2, -0.15) is 0 Å². The predicted octanol–water partition coefficient (Wildman–Crippen LogP) is 3.02. The van der Waals surface area contributed by atoms with Crippen molar-refractivity contribution in [2.45, 2.75) is 44.1 Å². The van der Waals surface area contributed by atoms with Crippen molar-refractivity contribution in [3.63, 3.8) is 0 Å². The lowest BCUT2D eigenvalue weighted by Gasteiger charge is -2.25. The molecule has 1 rings (SSSR count). The molecule has 11 heavy (non-hydrogen) atoms. The molecule has 0 aromatic carbocycles. The summed E-state index contributed by atoms with van der Waals surface area (Å²) in [5.74, 6) is 0. The number of hydrogen-bond acceptors (Lipinski definition) is 1. The maximum atomic E-state index is 10.0. The summed E-state index contributed by atoms with van der Waals surface area (Å²) in [6.07, 6.45) is 6.67. The highest BCUT2D eigenvalue weighted by atomic mass is 127. The maximum absolute atomic E-state index is 10.0. The summed E-state index contributed by atoms with van der Waals surface area (Å²) < 4.78 is 0.914. The first kappa shape index (κ1) is 9.52. The van der Waals surface area contributed by atoms with Crippen LogP contribution < -0.4 is 0 Å². The van der Waals surface area contributed by atoms with Crippen molar-refractivity contribution >= 4 is 22.6 Å². The molecule has 1 N–H and O–H groups in total. The van der Waals surface area contributed by atoms with Crippen LogP contribution in [0.3, 0.4) is 0 Å². The van der Waals surface area contributed by atoms with Gasteiger partial charge in [0.15, 0.2) is 0 Å². The molecule has 1 nitrogen and oxygen atoms in total. The van der Waals surface area contributed by atoms with Crippen molar-refractivity contribution in [3.05, 3.63) is 10.2 Å². The summed E-state index contributed by atoms with van der Waals surface area (Å²) in [7, 11) is 0. The van der Waals surface area contributed by atoms with Crippen molar-refractivity contribution < 1.29 is 5.11 Å². The minimum atomic E-state index is -0.545. The lowest BCUT2D eigenvalue weighted by molar-refractivity contribution is 0.0732. The van der Waals surface area contributed by atoms with Crippen LogP contribution in [0.2, 0.25) is 0 Å². The fourth-order valence-electron chi connectivity index (χ4n) is 1.58. The Labute approximate surface area is 82.0 Å². The van der Waals surface area contributed by atoms with Gasteiger partial charge in [-0.25, -0.2) is 0 Å². The van der Waals surface area contributed by atoms with E-state index in [4.69, 9.17) is 0 Å². The fourth-order valence-corrected chi connectivity index (χ4v) is 2.12. The monoisotopic (exact) mass is 266 g/mol. The molecular weight excluding hydrogens is 251 g/mol. The molecule has 0 bridgehead atoms. The zero-order valence-corrected chi connectivity index (χ0v) is 8.93. The maximum Gasteiger partial charge on any atom is 0.0946 e. The normalized spacial score (nSPS) is 24.2. The van der Waals surface area contributed by atoms with E-state index in [0.717, 1.165) is 29.3 Å². The standard InChI is InChI=1S/C9H15IO/c1-8(10)9(11)6-4-2-3-5-7-9/h11H,1-7H2. The second kappa shape index (κ2) is 3.90. The van der Waals surface area contributed by atoms with Gasteiger partial charge in [0, 0.05) is 3.58 Å². The Kier molecular flexibility index (Phi) is 3.37. The molecule has 1 aliphatic rings. The highest BCUT2D eigenvalue weighted by Crippen LogP contribution is 2.34. The Bertz CT molecular complexity index is 146. The zero-order chi connectivity index (χ0) is 8.32. The predicted molar refractivity (Wildman–Crippen MR) is 55.8 cm³/mol. The summed E-state index contributed by atoms with van der Waals surface area (Å²) in [5.41, 5.74) is -0.545. The van der Waals surface area contributed by atoms with Gasteiger partial charge in [-0.3, -0.25) is 0 Å². The van der Waals surface area contributed by atoms with Crippen LogP contribution in [0.25, 0.3) is 0 Å². The van der Waals surface area contributed by atoms with Crippen LogP contribution in [0.5, 0.6) is 0 Å². The largest absolute Gasteiger partial charge is 0.385 e. The van der Waals surface area contributed by atoms with Gasteiger partial charge >= 0.3 is 0 Å². The molecular formula is C9H15IO. The summed E-state index contributed by atoms with van der Waals surface area (Å²) in [5, 5.41) is 10.0. The van der Waals surface area contributed by atoms with Crippen LogP contribution in [0, 0.1) is 0 Å². The van der Waals surface area contributed by atoms with E-state index >= 15 is 0 Å². The molecule has 0 amide bonds. The first-order valence-electron chi connectivity index (χ1n) is 4.22. The zero-order valence-electron chi connectivity index (χ0n) is 6.77. The molecule has 0 unspecified atom stereocenters. The van der Waals surface area contributed by atoms with Gasteiger partial charge in [0.2, 0.25) is 0 Å². The van der Waals surface area contributed by atoms with E-state index in [0.29, 0.717) is 0 Å². The van der Waals surface area contributed by atoms with Crippen LogP contribution >= 0.6 is 22.6 Å². The van der Waals surface area contributed by atoms with E-state index in [2.05, 4.69) is 29.2 Å². The van der Waals surface area contributed by atoms with Crippen molar-refractivity contribution in [3.8, 4) is 0 Å². The molecule has 0 radical (unpaired) electrons. The van der Waals surface area contributed by atoms with E-state index in [1.807, 2.05) is 0 Å². The Morgan fingerprint density at radius 1 is 1.18 bits per heavy atom. The Morgan fingerprint density at radius 2 is 1.64 bits per heavy atom. The Balaban J connectivity index is 2.59. The van der Waals surface area contributed by atoms with Gasteiger partial charge in [0.25, 0.3) is 0 Å². The topological polar surface area (TPSA) is 20.2 Å². The molecule has 0 heterocycles. The quantitative estimate of drug-likeness (QED) is 0.571. The van der Waals surface area contributed by atoms with E-state index in [9.17, 15) is 5.11 Å². The van der Waals surface area contributed by atoms with Gasteiger partial charge in [-0.05, 0) is 35.4 Å². The van der Waals surface area contributed by atoms with Gasteiger partial charge < -0.3 is 5.11 Å². The third kappa shape index (κ3) is 2.44. The minimum absolute atomic E-state index is 0.545. The summed E-state index contributed by atoms with van der Waals surface area (Å²) in [4.78, 5) is 0. The first-order valence-corrected chi connectivity index (χ1v) is 5.30. The molecule has 64 valence electrons. The fraction of sp³-hybridized carbons (Fsp3) is 0.778. The molecule has 0 atom stereocenters. The lowest BCUT2D eigenvalue weighted by atomic mass is 9.95. The minimum Gasteiger partial charge on any atom is -0.385 e. The molecule has 1 saturated carbocycles. The van der Waals surface area contributed by atoms with Crippen LogP contribution in [0.4, 0.5) is 0 Å². The highest BCUT2D eigenvalue weighted by molar-refractivity contribution is 14.1. The molecule has 1 aliphatic carbocycles. The summed E-state index contributed by atoms with van der Waals surface area (Å²) >= 11 is 2.15. The second-order valence-electron chi connectivity index (χ2n) is 3.35. The second-order valence-corrected chi connectivity index (χ2v) is 4.65. The third-order valence-corrected chi connectivity index (χ3v) is 3.44. The van der Waals surface area contributed by atoms with Crippen LogP contribution in [-0.4, -0.2) is 10.7 Å². The van der Waals surface area contributed by atoms with Crippen molar-refractivity contribution in [2.75, 3.05) is 0 Å². The van der Waals surface area contributed by atoms with E-state index in [1.54, 1.807) is 0 Å². The van der Waals surface area contributed by atoms with Crippen LogP contribution in [0.15, 0.2) is 10.2 Å². The van der Waals surface area contributed by atoms with Crippen molar-refractivity contribution in [1.29, 1.82) is 0 Å². The summed E-state index contributed by atoms with van der Waals surface area (Å²) in [6.45, 7) is 3.83. The van der Waals surface area contributed by atoms with E-state index < -0.39 is 5.60 Å². The molecule has 1 fully saturated rings. The smallest absolute Gasteiger partial charge is 0.0946 e. The van der Waals surface area contributed by atoms with Crippen molar-refractivity contribution in [1.82, 2.24) is 0 Å². The molecule has 0 aliphatic heterocycles. The number of rotatable bonds is 1.